The van der Waals surface area contributed by atoms with Crippen LogP contribution in [-0.4, -0.2) is 63.2 Å². The van der Waals surface area contributed by atoms with Crippen molar-refractivity contribution < 1.29 is 34.1 Å². The zero-order valence-electron chi connectivity index (χ0n) is 11.6. The highest BCUT2D eigenvalue weighted by Gasteiger charge is 2.69. The summed E-state index contributed by atoms with van der Waals surface area (Å²) >= 11 is 0. The van der Waals surface area contributed by atoms with Gasteiger partial charge >= 0.3 is 11.9 Å². The van der Waals surface area contributed by atoms with Gasteiger partial charge in [-0.25, -0.2) is 0 Å². The van der Waals surface area contributed by atoms with Crippen molar-refractivity contribution in [3.8, 4) is 0 Å². The monoisotopic (exact) mass is 312 g/mol. The lowest BCUT2D eigenvalue weighted by atomic mass is 9.70. The Morgan fingerprint density at radius 1 is 1.36 bits per heavy atom. The van der Waals surface area contributed by atoms with Crippen LogP contribution in [0.5, 0.6) is 0 Å². The molecule has 2 amide bonds. The fraction of sp³-hybridized carbons (Fsp3) is 0.692. The standard InChI is InChI=1S/C13H16N2O7/c14-5(12(20)21)3-13-2-1-6(22-13)8-9(13)11(19)15(10(8)18)4-7(16)17/h5-6,8-9H,1-4,14H2,(H,16,17)(H,20,21)/t5-,6-,8+,9-,13-/m0/s1. The van der Waals surface area contributed by atoms with Gasteiger partial charge in [0, 0.05) is 6.42 Å². The predicted molar refractivity (Wildman–Crippen MR) is 68.4 cm³/mol. The molecule has 0 unspecified atom stereocenters. The van der Waals surface area contributed by atoms with Gasteiger partial charge in [0.1, 0.15) is 12.6 Å². The fourth-order valence-corrected chi connectivity index (χ4v) is 3.99. The number of likely N-dealkylation sites (tertiary alicyclic amines) is 1. The van der Waals surface area contributed by atoms with Crippen molar-refractivity contribution >= 4 is 23.8 Å². The number of carboxylic acids is 2. The molecule has 0 aromatic heterocycles. The van der Waals surface area contributed by atoms with Crippen molar-refractivity contribution in [1.82, 2.24) is 4.90 Å². The molecule has 0 radical (unpaired) electrons. The van der Waals surface area contributed by atoms with Crippen LogP contribution in [0.15, 0.2) is 0 Å². The van der Waals surface area contributed by atoms with Gasteiger partial charge in [-0.15, -0.1) is 0 Å². The molecular weight excluding hydrogens is 296 g/mol. The van der Waals surface area contributed by atoms with Crippen molar-refractivity contribution in [3.05, 3.63) is 0 Å². The van der Waals surface area contributed by atoms with Crippen LogP contribution in [0.2, 0.25) is 0 Å². The lowest BCUT2D eigenvalue weighted by molar-refractivity contribution is -0.153. The number of carbonyl (C=O) groups is 4. The van der Waals surface area contributed by atoms with E-state index in [1.807, 2.05) is 0 Å². The molecule has 4 N–H and O–H groups in total. The largest absolute Gasteiger partial charge is 0.480 e. The number of amides is 2. The quantitative estimate of drug-likeness (QED) is 0.514. The third kappa shape index (κ3) is 1.92. The average molecular weight is 312 g/mol. The fourth-order valence-electron chi connectivity index (χ4n) is 3.99. The third-order valence-corrected chi connectivity index (χ3v) is 4.82. The summed E-state index contributed by atoms with van der Waals surface area (Å²) in [5.74, 6) is -5.18. The Hall–Kier alpha value is -2.00. The van der Waals surface area contributed by atoms with E-state index in [9.17, 15) is 19.2 Å². The number of nitrogens with zero attached hydrogens (tertiary/aromatic N) is 1. The minimum atomic E-state index is -1.27. The van der Waals surface area contributed by atoms with E-state index in [1.54, 1.807) is 0 Å². The van der Waals surface area contributed by atoms with E-state index in [0.29, 0.717) is 12.8 Å². The summed E-state index contributed by atoms with van der Waals surface area (Å²) in [4.78, 5) is 47.3. The highest BCUT2D eigenvalue weighted by molar-refractivity contribution is 6.08. The van der Waals surface area contributed by atoms with Crippen LogP contribution in [0.4, 0.5) is 0 Å². The lowest BCUT2D eigenvalue weighted by Crippen LogP contribution is -2.48. The molecule has 0 aromatic carbocycles. The van der Waals surface area contributed by atoms with E-state index in [2.05, 4.69) is 0 Å². The number of carbonyl (C=O) groups excluding carboxylic acids is 2. The summed E-state index contributed by atoms with van der Waals surface area (Å²) < 4.78 is 5.78. The highest BCUT2D eigenvalue weighted by Crippen LogP contribution is 2.56. The molecule has 3 aliphatic rings. The Morgan fingerprint density at radius 2 is 2.05 bits per heavy atom. The van der Waals surface area contributed by atoms with E-state index in [0.717, 1.165) is 4.90 Å². The molecule has 9 heteroatoms. The first kappa shape index (κ1) is 14.9. The number of nitrogens with two attached hydrogens (primary N) is 1. The van der Waals surface area contributed by atoms with Gasteiger partial charge in [-0.3, -0.25) is 24.1 Å². The van der Waals surface area contributed by atoms with Crippen molar-refractivity contribution in [2.45, 2.75) is 37.0 Å². The SMILES string of the molecule is N[C@@H](C[C@]12CC[C@H](O1)[C@H]1C(=O)N(CC(=O)O)C(=O)[C@H]12)C(=O)O. The minimum Gasteiger partial charge on any atom is -0.480 e. The second-order valence-electron chi connectivity index (χ2n) is 6.07. The molecule has 3 rings (SSSR count). The summed E-state index contributed by atoms with van der Waals surface area (Å²) in [6, 6.07) is -1.20. The first-order valence-electron chi connectivity index (χ1n) is 7.00. The zero-order chi connectivity index (χ0) is 16.2. The predicted octanol–water partition coefficient (Wildman–Crippen LogP) is -1.59. The molecule has 3 fully saturated rings. The number of hydrogen-bond donors (Lipinski definition) is 3. The Kier molecular flexibility index (Phi) is 3.22. The van der Waals surface area contributed by atoms with Gasteiger partial charge in [-0.2, -0.15) is 0 Å². The van der Waals surface area contributed by atoms with Crippen LogP contribution in [0.3, 0.4) is 0 Å². The second-order valence-corrected chi connectivity index (χ2v) is 6.07. The number of ether oxygens (including phenoxy) is 1. The lowest BCUT2D eigenvalue weighted by Gasteiger charge is -2.32. The van der Waals surface area contributed by atoms with Gasteiger partial charge in [0.25, 0.3) is 0 Å². The number of fused-ring (bicyclic) bond motifs is 5. The number of aliphatic carboxylic acids is 2. The zero-order valence-corrected chi connectivity index (χ0v) is 11.6. The summed E-state index contributed by atoms with van der Waals surface area (Å²) in [7, 11) is 0. The number of rotatable bonds is 5. The third-order valence-electron chi connectivity index (χ3n) is 4.82. The maximum atomic E-state index is 12.5. The van der Waals surface area contributed by atoms with E-state index < -0.39 is 59.9 Å². The van der Waals surface area contributed by atoms with E-state index in [-0.39, 0.29) is 6.42 Å². The van der Waals surface area contributed by atoms with Gasteiger partial charge in [0.2, 0.25) is 11.8 Å². The Bertz CT molecular complexity index is 577. The van der Waals surface area contributed by atoms with Gasteiger partial charge < -0.3 is 20.7 Å². The first-order valence-corrected chi connectivity index (χ1v) is 7.00. The molecule has 9 nitrogen and oxygen atoms in total. The second kappa shape index (κ2) is 4.75. The van der Waals surface area contributed by atoms with Gasteiger partial charge in [-0.05, 0) is 12.8 Å². The molecule has 3 saturated heterocycles. The summed E-state index contributed by atoms with van der Waals surface area (Å²) in [6.45, 7) is -0.682. The van der Waals surface area contributed by atoms with Crippen LogP contribution < -0.4 is 5.73 Å². The Morgan fingerprint density at radius 3 is 2.64 bits per heavy atom. The number of carboxylic acid groups (broad SMARTS) is 2. The van der Waals surface area contributed by atoms with Crippen molar-refractivity contribution in [2.24, 2.45) is 17.6 Å². The van der Waals surface area contributed by atoms with Crippen molar-refractivity contribution in [1.29, 1.82) is 0 Å². The Labute approximate surface area is 125 Å². The normalized spacial score (nSPS) is 37.5. The van der Waals surface area contributed by atoms with Gasteiger partial charge in [-0.1, -0.05) is 0 Å². The number of hydrogen-bond acceptors (Lipinski definition) is 6. The molecule has 3 heterocycles. The number of imide groups is 1. The summed E-state index contributed by atoms with van der Waals surface area (Å²) in [6.07, 6.45) is 0.439. The van der Waals surface area contributed by atoms with Crippen LogP contribution in [0.25, 0.3) is 0 Å². The molecular formula is C13H16N2O7. The summed E-state index contributed by atoms with van der Waals surface area (Å²) in [5.41, 5.74) is 4.49. The molecule has 120 valence electrons. The summed E-state index contributed by atoms with van der Waals surface area (Å²) in [5, 5.41) is 17.8. The van der Waals surface area contributed by atoms with Crippen molar-refractivity contribution in [2.75, 3.05) is 6.54 Å². The molecule has 0 aliphatic carbocycles. The topological polar surface area (TPSA) is 147 Å². The van der Waals surface area contributed by atoms with E-state index >= 15 is 0 Å². The van der Waals surface area contributed by atoms with Crippen LogP contribution >= 0.6 is 0 Å². The molecule has 22 heavy (non-hydrogen) atoms. The smallest absolute Gasteiger partial charge is 0.323 e. The Balaban J connectivity index is 1.90. The molecule has 0 aromatic rings. The van der Waals surface area contributed by atoms with E-state index in [1.165, 1.54) is 0 Å². The van der Waals surface area contributed by atoms with E-state index in [4.69, 9.17) is 20.7 Å². The van der Waals surface area contributed by atoms with Gasteiger partial charge in [0.15, 0.2) is 0 Å². The van der Waals surface area contributed by atoms with Crippen LogP contribution in [0, 0.1) is 11.8 Å². The van der Waals surface area contributed by atoms with Gasteiger partial charge in [0.05, 0.1) is 23.5 Å². The maximum Gasteiger partial charge on any atom is 0.323 e. The van der Waals surface area contributed by atoms with Crippen LogP contribution in [0.1, 0.15) is 19.3 Å². The highest BCUT2D eigenvalue weighted by atomic mass is 16.5. The maximum absolute atomic E-state index is 12.5. The molecule has 3 aliphatic heterocycles. The average Bonchev–Trinajstić information content (AvgIpc) is 3.04. The molecule has 2 bridgehead atoms. The molecule has 0 spiro atoms. The molecule has 5 atom stereocenters. The van der Waals surface area contributed by atoms with Crippen molar-refractivity contribution in [3.63, 3.8) is 0 Å². The van der Waals surface area contributed by atoms with Crippen LogP contribution in [-0.2, 0) is 23.9 Å². The first-order chi connectivity index (χ1) is 10.3. The minimum absolute atomic E-state index is 0.0695. The molecule has 0 saturated carbocycles.